The molecular formula is C13H26FN3. The Kier molecular flexibility index (Phi) is 4.39. The Morgan fingerprint density at radius 3 is 2.35 bits per heavy atom. The van der Waals surface area contributed by atoms with Crippen molar-refractivity contribution >= 4 is 0 Å². The van der Waals surface area contributed by atoms with Gasteiger partial charge < -0.3 is 5.73 Å². The van der Waals surface area contributed by atoms with Crippen LogP contribution in [0, 0.1) is 0 Å². The first-order valence-corrected chi connectivity index (χ1v) is 6.97. The van der Waals surface area contributed by atoms with Gasteiger partial charge in [0.25, 0.3) is 0 Å². The highest BCUT2D eigenvalue weighted by atomic mass is 19.1. The van der Waals surface area contributed by atoms with E-state index in [4.69, 9.17) is 5.73 Å². The topological polar surface area (TPSA) is 32.5 Å². The highest BCUT2D eigenvalue weighted by Crippen LogP contribution is 2.25. The van der Waals surface area contributed by atoms with Crippen LogP contribution in [-0.4, -0.2) is 60.3 Å². The van der Waals surface area contributed by atoms with Crippen LogP contribution in [0.4, 0.5) is 4.39 Å². The van der Waals surface area contributed by atoms with Crippen LogP contribution in [0.1, 0.15) is 33.1 Å². The molecule has 1 heterocycles. The molecule has 1 aliphatic heterocycles. The third-order valence-electron chi connectivity index (χ3n) is 4.39. The monoisotopic (exact) mass is 243 g/mol. The van der Waals surface area contributed by atoms with Crippen molar-refractivity contribution in [2.45, 2.75) is 57.4 Å². The van der Waals surface area contributed by atoms with E-state index in [0.717, 1.165) is 39.0 Å². The number of nitrogens with zero attached hydrogens (tertiary/aromatic N) is 2. The molecule has 17 heavy (non-hydrogen) atoms. The number of nitrogens with two attached hydrogens (primary N) is 1. The van der Waals surface area contributed by atoms with E-state index >= 15 is 0 Å². The second-order valence-corrected chi connectivity index (χ2v) is 5.76. The fourth-order valence-electron chi connectivity index (χ4n) is 3.16. The second-order valence-electron chi connectivity index (χ2n) is 5.76. The third kappa shape index (κ3) is 2.98. The van der Waals surface area contributed by atoms with Crippen LogP contribution in [0.5, 0.6) is 0 Å². The summed E-state index contributed by atoms with van der Waals surface area (Å²) in [5.74, 6) is 0. The Hall–Kier alpha value is -0.190. The van der Waals surface area contributed by atoms with E-state index in [2.05, 4.69) is 23.6 Å². The lowest BCUT2D eigenvalue weighted by atomic mass is 9.88. The van der Waals surface area contributed by atoms with Crippen molar-refractivity contribution in [3.63, 3.8) is 0 Å². The summed E-state index contributed by atoms with van der Waals surface area (Å²) in [6.45, 7) is 8.75. The highest BCUT2D eigenvalue weighted by Gasteiger charge is 2.35. The van der Waals surface area contributed by atoms with E-state index in [1.54, 1.807) is 0 Å². The van der Waals surface area contributed by atoms with Crippen LogP contribution in [0.15, 0.2) is 0 Å². The zero-order valence-electron chi connectivity index (χ0n) is 11.1. The maximum atomic E-state index is 13.6. The first-order chi connectivity index (χ1) is 8.09. The number of hydrogen-bond acceptors (Lipinski definition) is 3. The number of halogens is 1. The van der Waals surface area contributed by atoms with Crippen molar-refractivity contribution in [3.05, 3.63) is 0 Å². The van der Waals surface area contributed by atoms with Crippen LogP contribution in [0.25, 0.3) is 0 Å². The molecule has 0 unspecified atom stereocenters. The molecule has 100 valence electrons. The molecule has 2 N–H and O–H groups in total. The largest absolute Gasteiger partial charge is 0.324 e. The molecule has 3 nitrogen and oxygen atoms in total. The zero-order chi connectivity index (χ0) is 12.4. The van der Waals surface area contributed by atoms with Gasteiger partial charge in [-0.25, -0.2) is 4.39 Å². The Balaban J connectivity index is 1.87. The molecule has 1 aliphatic carbocycles. The molecule has 0 aromatic heterocycles. The van der Waals surface area contributed by atoms with E-state index < -0.39 is 6.17 Å². The fourth-order valence-corrected chi connectivity index (χ4v) is 3.16. The van der Waals surface area contributed by atoms with Gasteiger partial charge in [0, 0.05) is 38.3 Å². The summed E-state index contributed by atoms with van der Waals surface area (Å²) in [4.78, 5) is 4.90. The Morgan fingerprint density at radius 2 is 1.76 bits per heavy atom. The third-order valence-corrected chi connectivity index (χ3v) is 4.39. The average molecular weight is 243 g/mol. The predicted octanol–water partition coefficient (Wildman–Crippen LogP) is 1.23. The minimum Gasteiger partial charge on any atom is -0.324 e. The molecule has 3 atom stereocenters. The molecule has 4 heteroatoms. The van der Waals surface area contributed by atoms with Crippen LogP contribution >= 0.6 is 0 Å². The van der Waals surface area contributed by atoms with Gasteiger partial charge in [0.1, 0.15) is 6.17 Å². The molecule has 0 spiro atoms. The number of alkyl halides is 1. The van der Waals surface area contributed by atoms with E-state index in [1.165, 1.54) is 0 Å². The summed E-state index contributed by atoms with van der Waals surface area (Å²) in [6.07, 6.45) is 1.92. The molecule has 0 aromatic rings. The van der Waals surface area contributed by atoms with Gasteiger partial charge in [0.15, 0.2) is 0 Å². The van der Waals surface area contributed by atoms with E-state index in [9.17, 15) is 4.39 Å². The minimum atomic E-state index is -0.795. The lowest BCUT2D eigenvalue weighted by molar-refractivity contribution is 0.0359. The van der Waals surface area contributed by atoms with Gasteiger partial charge in [-0.2, -0.15) is 0 Å². The van der Waals surface area contributed by atoms with Crippen molar-refractivity contribution in [2.24, 2.45) is 5.73 Å². The highest BCUT2D eigenvalue weighted by molar-refractivity contribution is 4.93. The number of piperazine rings is 1. The van der Waals surface area contributed by atoms with Gasteiger partial charge in [-0.3, -0.25) is 9.80 Å². The molecule has 0 aromatic carbocycles. The summed E-state index contributed by atoms with van der Waals surface area (Å²) in [7, 11) is 0. The van der Waals surface area contributed by atoms with E-state index in [1.807, 2.05) is 0 Å². The number of rotatable bonds is 2. The normalized spacial score (nSPS) is 37.6. The first kappa shape index (κ1) is 13.2. The average Bonchev–Trinajstić information content (AvgIpc) is 2.33. The summed E-state index contributed by atoms with van der Waals surface area (Å²) in [5.41, 5.74) is 6.02. The van der Waals surface area contributed by atoms with Gasteiger partial charge in [-0.05, 0) is 33.1 Å². The standard InChI is InChI=1S/C13H26FN3/c1-10(2)16-6-8-17(9-7-16)12-5-3-4-11(14)13(12)15/h10-13H,3-9,15H2,1-2H3/t11-,12-,13-/m0/s1. The van der Waals surface area contributed by atoms with Crippen LogP contribution < -0.4 is 5.73 Å². The molecule has 2 rings (SSSR count). The molecule has 0 bridgehead atoms. The van der Waals surface area contributed by atoms with Gasteiger partial charge in [0.05, 0.1) is 6.04 Å². The van der Waals surface area contributed by atoms with Gasteiger partial charge in [0.2, 0.25) is 0 Å². The molecule has 2 aliphatic rings. The lowest BCUT2D eigenvalue weighted by Gasteiger charge is -2.44. The van der Waals surface area contributed by atoms with Crippen LogP contribution in [0.3, 0.4) is 0 Å². The van der Waals surface area contributed by atoms with Crippen LogP contribution in [0.2, 0.25) is 0 Å². The summed E-state index contributed by atoms with van der Waals surface area (Å²) in [6, 6.07) is 0.619. The number of hydrogen-bond donors (Lipinski definition) is 1. The fraction of sp³-hybridized carbons (Fsp3) is 1.00. The second kappa shape index (κ2) is 5.63. The van der Waals surface area contributed by atoms with Crippen molar-refractivity contribution in [1.29, 1.82) is 0 Å². The predicted molar refractivity (Wildman–Crippen MR) is 68.8 cm³/mol. The van der Waals surface area contributed by atoms with E-state index in [-0.39, 0.29) is 12.1 Å². The van der Waals surface area contributed by atoms with Crippen molar-refractivity contribution in [1.82, 2.24) is 9.80 Å². The zero-order valence-corrected chi connectivity index (χ0v) is 11.1. The molecule has 1 saturated heterocycles. The molecule has 0 radical (unpaired) electrons. The van der Waals surface area contributed by atoms with Gasteiger partial charge >= 0.3 is 0 Å². The van der Waals surface area contributed by atoms with Gasteiger partial charge in [-0.15, -0.1) is 0 Å². The maximum absolute atomic E-state index is 13.6. The maximum Gasteiger partial charge on any atom is 0.117 e. The lowest BCUT2D eigenvalue weighted by Crippen LogP contribution is -2.59. The quantitative estimate of drug-likeness (QED) is 0.792. The minimum absolute atomic E-state index is 0.269. The van der Waals surface area contributed by atoms with E-state index in [0.29, 0.717) is 12.5 Å². The summed E-state index contributed by atoms with van der Waals surface area (Å²) < 4.78 is 13.6. The smallest absolute Gasteiger partial charge is 0.117 e. The van der Waals surface area contributed by atoms with Crippen molar-refractivity contribution < 1.29 is 4.39 Å². The summed E-state index contributed by atoms with van der Waals surface area (Å²) >= 11 is 0. The molecular weight excluding hydrogens is 217 g/mol. The summed E-state index contributed by atoms with van der Waals surface area (Å²) in [5, 5.41) is 0. The van der Waals surface area contributed by atoms with Crippen molar-refractivity contribution in [3.8, 4) is 0 Å². The van der Waals surface area contributed by atoms with Gasteiger partial charge in [-0.1, -0.05) is 0 Å². The Morgan fingerprint density at radius 1 is 1.12 bits per heavy atom. The molecule has 0 amide bonds. The van der Waals surface area contributed by atoms with Crippen LogP contribution in [-0.2, 0) is 0 Å². The molecule has 2 fully saturated rings. The molecule has 1 saturated carbocycles. The van der Waals surface area contributed by atoms with Crippen molar-refractivity contribution in [2.75, 3.05) is 26.2 Å². The first-order valence-electron chi connectivity index (χ1n) is 6.97. The SMILES string of the molecule is CC(C)N1CCN([C@H]2CCC[C@H](F)[C@@H]2N)CC1. The Bertz CT molecular complexity index is 239. The Labute approximate surface area is 104 Å².